The smallest absolute Gasteiger partial charge is 0.768 e. The van der Waals surface area contributed by atoms with Gasteiger partial charge in [-0.25, -0.2) is 4.98 Å². The standard InChI is InChI=1S/C16H29NO6S2Si.Li/c1-14(2,3)26(6,7)23-8-11-12(25(19)20)24-13(17-11)16(18)9-21-15(4,5)22-10-16;/h18H,8-10H2,1-7H3,(H,19,20);/q;+1/p-1. The molecular weight excluding hydrogens is 401 g/mol. The van der Waals surface area contributed by atoms with Gasteiger partial charge in [-0.1, -0.05) is 20.8 Å². The van der Waals surface area contributed by atoms with Crippen molar-refractivity contribution < 1.29 is 46.6 Å². The number of aromatic nitrogens is 1. The number of ether oxygens (including phenoxy) is 2. The largest absolute Gasteiger partial charge is 1.00 e. The fourth-order valence-electron chi connectivity index (χ4n) is 2.02. The SMILES string of the molecule is CC1(C)OCC(O)(c2nc(CO[Si](C)(C)C(C)(C)C)c(S(=O)[O-])s2)CO1.[Li+]. The molecule has 1 fully saturated rings. The summed E-state index contributed by atoms with van der Waals surface area (Å²) in [6.07, 6.45) is 0. The number of hydrogen-bond donors (Lipinski definition) is 1. The summed E-state index contributed by atoms with van der Waals surface area (Å²) in [5.74, 6) is -0.790. The summed E-state index contributed by atoms with van der Waals surface area (Å²) in [6.45, 7) is 14.1. The van der Waals surface area contributed by atoms with Gasteiger partial charge in [-0.3, -0.25) is 4.21 Å². The van der Waals surface area contributed by atoms with Gasteiger partial charge in [-0.05, 0) is 43.1 Å². The third-order valence-corrected chi connectivity index (χ3v) is 11.7. The van der Waals surface area contributed by atoms with Gasteiger partial charge in [0.05, 0.1) is 25.5 Å². The first-order valence-corrected chi connectivity index (χ1v) is 13.2. The molecule has 0 bridgehead atoms. The summed E-state index contributed by atoms with van der Waals surface area (Å²) in [5.41, 5.74) is -1.15. The minimum absolute atomic E-state index is 0. The van der Waals surface area contributed by atoms with Crippen molar-refractivity contribution in [1.82, 2.24) is 4.98 Å². The maximum absolute atomic E-state index is 11.6. The molecule has 0 radical (unpaired) electrons. The van der Waals surface area contributed by atoms with Crippen LogP contribution >= 0.6 is 11.3 Å². The van der Waals surface area contributed by atoms with E-state index in [-0.39, 0.29) is 52.9 Å². The quantitative estimate of drug-likeness (QED) is 0.514. The number of hydrogen-bond acceptors (Lipinski definition) is 8. The molecule has 0 aromatic carbocycles. The number of thiazole rings is 1. The Morgan fingerprint density at radius 1 is 1.33 bits per heavy atom. The molecule has 27 heavy (non-hydrogen) atoms. The molecule has 1 saturated heterocycles. The molecule has 1 N–H and O–H groups in total. The van der Waals surface area contributed by atoms with Crippen LogP contribution in [0.15, 0.2) is 4.21 Å². The molecule has 1 atom stereocenters. The van der Waals surface area contributed by atoms with Crippen LogP contribution in [0.2, 0.25) is 18.1 Å². The van der Waals surface area contributed by atoms with Gasteiger partial charge in [-0.15, -0.1) is 11.3 Å². The summed E-state index contributed by atoms with van der Waals surface area (Å²) in [5, 5.41) is 11.1. The zero-order valence-electron chi connectivity index (χ0n) is 17.4. The Bertz CT molecular complexity index is 679. The predicted octanol–water partition coefficient (Wildman–Crippen LogP) is -0.123. The summed E-state index contributed by atoms with van der Waals surface area (Å²) in [6, 6.07) is 0. The van der Waals surface area contributed by atoms with Crippen molar-refractivity contribution in [2.45, 2.75) is 75.0 Å². The van der Waals surface area contributed by atoms with Crippen molar-refractivity contribution in [2.24, 2.45) is 0 Å². The first-order chi connectivity index (χ1) is 11.7. The van der Waals surface area contributed by atoms with E-state index in [0.29, 0.717) is 5.69 Å². The Morgan fingerprint density at radius 3 is 2.30 bits per heavy atom. The van der Waals surface area contributed by atoms with Crippen LogP contribution in [-0.2, 0) is 37.2 Å². The third kappa shape index (κ3) is 5.95. The molecule has 1 aliphatic rings. The molecule has 1 aromatic rings. The van der Waals surface area contributed by atoms with E-state index in [1.165, 1.54) is 0 Å². The maximum atomic E-state index is 11.6. The maximum Gasteiger partial charge on any atom is 1.00 e. The van der Waals surface area contributed by atoms with E-state index in [4.69, 9.17) is 13.9 Å². The predicted molar refractivity (Wildman–Crippen MR) is 101 cm³/mol. The van der Waals surface area contributed by atoms with Gasteiger partial charge in [-0.2, -0.15) is 0 Å². The van der Waals surface area contributed by atoms with Crippen LogP contribution in [0.25, 0.3) is 0 Å². The van der Waals surface area contributed by atoms with E-state index in [1.54, 1.807) is 13.8 Å². The molecule has 0 saturated carbocycles. The average molecular weight is 430 g/mol. The van der Waals surface area contributed by atoms with Crippen molar-refractivity contribution in [1.29, 1.82) is 0 Å². The van der Waals surface area contributed by atoms with Crippen molar-refractivity contribution in [3.05, 3.63) is 10.7 Å². The molecule has 0 aliphatic carbocycles. The molecule has 0 spiro atoms. The van der Waals surface area contributed by atoms with Gasteiger partial charge in [0.15, 0.2) is 19.7 Å². The Labute approximate surface area is 180 Å². The van der Waals surface area contributed by atoms with Crippen LogP contribution < -0.4 is 18.9 Å². The monoisotopic (exact) mass is 429 g/mol. The molecule has 11 heteroatoms. The van der Waals surface area contributed by atoms with Crippen LogP contribution in [0.5, 0.6) is 0 Å². The first-order valence-electron chi connectivity index (χ1n) is 8.41. The van der Waals surface area contributed by atoms with Crippen molar-refractivity contribution in [3.63, 3.8) is 0 Å². The summed E-state index contributed by atoms with van der Waals surface area (Å²) in [4.78, 5) is 4.37. The Morgan fingerprint density at radius 2 is 1.85 bits per heavy atom. The molecule has 150 valence electrons. The Balaban J connectivity index is 0.00000364. The van der Waals surface area contributed by atoms with Gasteiger partial charge in [0.25, 0.3) is 0 Å². The van der Waals surface area contributed by atoms with Gasteiger partial charge in [0.2, 0.25) is 0 Å². The van der Waals surface area contributed by atoms with E-state index >= 15 is 0 Å². The normalized spacial score (nSPS) is 20.8. The van der Waals surface area contributed by atoms with Crippen molar-refractivity contribution in [2.75, 3.05) is 13.2 Å². The second-order valence-corrected chi connectivity index (χ2v) is 15.5. The summed E-state index contributed by atoms with van der Waals surface area (Å²) >= 11 is -1.53. The molecule has 1 unspecified atom stereocenters. The van der Waals surface area contributed by atoms with Gasteiger partial charge < -0.3 is 23.6 Å². The third-order valence-electron chi connectivity index (χ3n) is 4.90. The van der Waals surface area contributed by atoms with E-state index < -0.39 is 30.8 Å². The first kappa shape index (κ1) is 25.4. The minimum Gasteiger partial charge on any atom is -0.768 e. The van der Waals surface area contributed by atoms with Gasteiger partial charge >= 0.3 is 18.9 Å². The van der Waals surface area contributed by atoms with Crippen LogP contribution in [0.1, 0.15) is 45.3 Å². The second-order valence-electron chi connectivity index (χ2n) is 8.55. The summed E-state index contributed by atoms with van der Waals surface area (Å²) in [7, 11) is -2.06. The van der Waals surface area contributed by atoms with Crippen molar-refractivity contribution >= 4 is 30.7 Å². The number of aliphatic hydroxyl groups is 1. The Hall–Kier alpha value is 0.394. The number of nitrogens with zero attached hydrogens (tertiary/aromatic N) is 1. The molecule has 1 aliphatic heterocycles. The van der Waals surface area contributed by atoms with E-state index in [9.17, 15) is 13.9 Å². The van der Waals surface area contributed by atoms with Crippen LogP contribution in [-0.4, -0.2) is 46.2 Å². The molecule has 0 amide bonds. The topological polar surface area (TPSA) is 101 Å². The molecular formula is C16H28LiNO6S2Si. The van der Waals surface area contributed by atoms with E-state index in [1.807, 2.05) is 0 Å². The fourth-order valence-corrected chi connectivity index (χ4v) is 4.61. The van der Waals surface area contributed by atoms with Crippen LogP contribution in [0, 0.1) is 0 Å². The fraction of sp³-hybridized carbons (Fsp3) is 0.812. The molecule has 2 heterocycles. The molecule has 7 nitrogen and oxygen atoms in total. The van der Waals surface area contributed by atoms with Crippen molar-refractivity contribution in [3.8, 4) is 0 Å². The van der Waals surface area contributed by atoms with E-state index in [2.05, 4.69) is 38.8 Å². The van der Waals surface area contributed by atoms with Gasteiger partial charge in [0, 0.05) is 0 Å². The second kappa shape index (κ2) is 8.64. The zero-order valence-corrected chi connectivity index (χ0v) is 20.0. The van der Waals surface area contributed by atoms with Crippen LogP contribution in [0.4, 0.5) is 0 Å². The average Bonchev–Trinajstić information content (AvgIpc) is 2.93. The van der Waals surface area contributed by atoms with Gasteiger partial charge in [0.1, 0.15) is 9.22 Å². The minimum atomic E-state index is -2.46. The summed E-state index contributed by atoms with van der Waals surface area (Å²) < 4.78 is 40.5. The zero-order chi connectivity index (χ0) is 20.0. The number of rotatable bonds is 5. The molecule has 1 aromatic heterocycles. The Kier molecular flexibility index (Phi) is 8.13. The van der Waals surface area contributed by atoms with Crippen LogP contribution in [0.3, 0.4) is 0 Å². The van der Waals surface area contributed by atoms with E-state index in [0.717, 1.165) is 11.3 Å². The molecule has 2 rings (SSSR count).